The average molecular weight is 328 g/mol. The van der Waals surface area contributed by atoms with Crippen molar-refractivity contribution in [2.24, 2.45) is 0 Å². The van der Waals surface area contributed by atoms with Gasteiger partial charge in [0.05, 0.1) is 0 Å². The molecule has 6 heteroatoms. The number of carbonyl (C=O) groups excluding carboxylic acids is 2. The number of amides is 3. The molecule has 1 aliphatic heterocycles. The summed E-state index contributed by atoms with van der Waals surface area (Å²) in [5.41, 5.74) is 2.32. The maximum absolute atomic E-state index is 12.9. The fraction of sp³-hybridized carbons (Fsp3) is 0.500. The third kappa shape index (κ3) is 2.77. The molecule has 3 rings (SSSR count). The molecule has 2 fully saturated rings. The molecule has 2 aliphatic rings. The van der Waals surface area contributed by atoms with Crippen LogP contribution in [0.3, 0.4) is 0 Å². The molecule has 0 atom stereocenters. The van der Waals surface area contributed by atoms with E-state index in [0.29, 0.717) is 5.56 Å². The van der Waals surface area contributed by atoms with Crippen LogP contribution in [-0.2, 0) is 0 Å². The zero-order chi connectivity index (χ0) is 17.3. The van der Waals surface area contributed by atoms with Crippen molar-refractivity contribution >= 4 is 17.8 Å². The van der Waals surface area contributed by atoms with Gasteiger partial charge >= 0.3 is 6.03 Å². The Morgan fingerprint density at radius 3 is 2.42 bits per heavy atom. The van der Waals surface area contributed by atoms with Gasteiger partial charge in [0, 0.05) is 11.6 Å². The zero-order valence-corrected chi connectivity index (χ0v) is 14.2. The summed E-state index contributed by atoms with van der Waals surface area (Å²) in [6.07, 6.45) is 5.19. The second kappa shape index (κ2) is 6.26. The molecule has 2 N–H and O–H groups in total. The molecule has 1 saturated carbocycles. The SMILES string of the molecule is CC1(C)C(=N)N(C2CCCCC2)C(=O)N1NC(=O)c1ccccc1. The van der Waals surface area contributed by atoms with Crippen molar-refractivity contribution in [2.75, 3.05) is 0 Å². The van der Waals surface area contributed by atoms with Gasteiger partial charge in [-0.05, 0) is 38.8 Å². The van der Waals surface area contributed by atoms with Crippen LogP contribution >= 0.6 is 0 Å². The van der Waals surface area contributed by atoms with Crippen LogP contribution in [0.1, 0.15) is 56.3 Å². The Bertz CT molecular complexity index is 650. The molecular formula is C18H24N4O2. The maximum Gasteiger partial charge on any atom is 0.345 e. The number of amidine groups is 1. The summed E-state index contributed by atoms with van der Waals surface area (Å²) in [4.78, 5) is 26.9. The number of nitrogens with zero attached hydrogens (tertiary/aromatic N) is 2. The number of hydrogen-bond donors (Lipinski definition) is 2. The van der Waals surface area contributed by atoms with E-state index in [1.165, 1.54) is 11.4 Å². The third-order valence-electron chi connectivity index (χ3n) is 4.97. The van der Waals surface area contributed by atoms with E-state index in [1.54, 1.807) is 43.0 Å². The lowest BCUT2D eigenvalue weighted by atomic mass is 9.93. The fourth-order valence-corrected chi connectivity index (χ4v) is 3.46. The summed E-state index contributed by atoms with van der Waals surface area (Å²) in [6, 6.07) is 8.56. The minimum absolute atomic E-state index is 0.0663. The molecule has 0 radical (unpaired) electrons. The first-order chi connectivity index (χ1) is 11.4. The molecule has 24 heavy (non-hydrogen) atoms. The van der Waals surface area contributed by atoms with E-state index in [1.807, 2.05) is 6.07 Å². The van der Waals surface area contributed by atoms with E-state index in [2.05, 4.69) is 5.43 Å². The number of nitrogens with one attached hydrogen (secondary N) is 2. The Morgan fingerprint density at radius 1 is 1.17 bits per heavy atom. The predicted molar refractivity (Wildman–Crippen MR) is 91.7 cm³/mol. The normalized spacial score (nSPS) is 21.2. The smallest absolute Gasteiger partial charge is 0.286 e. The van der Waals surface area contributed by atoms with Crippen LogP contribution in [0.25, 0.3) is 0 Å². The Balaban J connectivity index is 1.81. The first-order valence-electron chi connectivity index (χ1n) is 8.51. The number of carbonyl (C=O) groups is 2. The summed E-state index contributed by atoms with van der Waals surface area (Å²) in [5.74, 6) is -0.0805. The van der Waals surface area contributed by atoms with Crippen molar-refractivity contribution in [1.82, 2.24) is 15.3 Å². The Labute approximate surface area is 142 Å². The lowest BCUT2D eigenvalue weighted by Gasteiger charge is -2.30. The largest absolute Gasteiger partial charge is 0.345 e. The minimum Gasteiger partial charge on any atom is -0.286 e. The van der Waals surface area contributed by atoms with E-state index in [-0.39, 0.29) is 23.8 Å². The van der Waals surface area contributed by atoms with E-state index < -0.39 is 5.54 Å². The molecule has 1 aliphatic carbocycles. The molecule has 0 spiro atoms. The number of rotatable bonds is 3. The van der Waals surface area contributed by atoms with Gasteiger partial charge < -0.3 is 0 Å². The van der Waals surface area contributed by atoms with Crippen molar-refractivity contribution in [3.8, 4) is 0 Å². The van der Waals surface area contributed by atoms with Gasteiger partial charge in [0.25, 0.3) is 5.91 Å². The van der Waals surface area contributed by atoms with Crippen molar-refractivity contribution in [2.45, 2.75) is 57.5 Å². The van der Waals surface area contributed by atoms with Gasteiger partial charge in [-0.25, -0.2) is 9.80 Å². The van der Waals surface area contributed by atoms with Crippen LogP contribution < -0.4 is 5.43 Å². The van der Waals surface area contributed by atoms with Gasteiger partial charge in [-0.15, -0.1) is 0 Å². The van der Waals surface area contributed by atoms with Gasteiger partial charge in [0.15, 0.2) is 0 Å². The van der Waals surface area contributed by atoms with E-state index in [9.17, 15) is 9.59 Å². The van der Waals surface area contributed by atoms with Gasteiger partial charge in [0.1, 0.15) is 11.4 Å². The van der Waals surface area contributed by atoms with Crippen LogP contribution in [0.4, 0.5) is 4.79 Å². The van der Waals surface area contributed by atoms with Gasteiger partial charge in [-0.2, -0.15) is 0 Å². The summed E-state index contributed by atoms with van der Waals surface area (Å²) < 4.78 is 0. The number of benzene rings is 1. The highest BCUT2D eigenvalue weighted by atomic mass is 16.2. The quantitative estimate of drug-likeness (QED) is 0.894. The van der Waals surface area contributed by atoms with Crippen molar-refractivity contribution in [3.05, 3.63) is 35.9 Å². The van der Waals surface area contributed by atoms with Crippen molar-refractivity contribution in [3.63, 3.8) is 0 Å². The Hall–Kier alpha value is -2.37. The lowest BCUT2D eigenvalue weighted by molar-refractivity contribution is 0.0751. The van der Waals surface area contributed by atoms with Crippen LogP contribution in [0.2, 0.25) is 0 Å². The molecule has 1 aromatic carbocycles. The number of urea groups is 1. The minimum atomic E-state index is -0.862. The van der Waals surface area contributed by atoms with E-state index >= 15 is 0 Å². The first kappa shape index (κ1) is 16.5. The second-order valence-corrected chi connectivity index (χ2v) is 6.99. The van der Waals surface area contributed by atoms with Crippen LogP contribution in [-0.4, -0.2) is 39.3 Å². The maximum atomic E-state index is 12.9. The predicted octanol–water partition coefficient (Wildman–Crippen LogP) is 3.16. The highest BCUT2D eigenvalue weighted by molar-refractivity contribution is 6.09. The first-order valence-corrected chi connectivity index (χ1v) is 8.51. The summed E-state index contributed by atoms with van der Waals surface area (Å²) in [6.45, 7) is 3.59. The monoisotopic (exact) mass is 328 g/mol. The molecule has 3 amide bonds. The highest BCUT2D eigenvalue weighted by Gasteiger charge is 2.51. The molecule has 128 valence electrons. The van der Waals surface area contributed by atoms with Crippen LogP contribution in [0.15, 0.2) is 30.3 Å². The van der Waals surface area contributed by atoms with E-state index in [0.717, 1.165) is 25.7 Å². The molecule has 6 nitrogen and oxygen atoms in total. The van der Waals surface area contributed by atoms with Crippen LogP contribution in [0, 0.1) is 5.41 Å². The van der Waals surface area contributed by atoms with Crippen LogP contribution in [0.5, 0.6) is 0 Å². The molecule has 1 aromatic rings. The highest BCUT2D eigenvalue weighted by Crippen LogP contribution is 2.32. The topological polar surface area (TPSA) is 76.5 Å². The van der Waals surface area contributed by atoms with Crippen molar-refractivity contribution < 1.29 is 9.59 Å². The number of hydrogen-bond acceptors (Lipinski definition) is 3. The standard InChI is InChI=1S/C18H24N4O2/c1-18(2)16(19)21(14-11-7-4-8-12-14)17(24)22(18)20-15(23)13-9-5-3-6-10-13/h3,5-6,9-10,14,19H,4,7-8,11-12H2,1-2H3,(H,20,23). The van der Waals surface area contributed by atoms with Gasteiger partial charge in [-0.3, -0.25) is 20.5 Å². The summed E-state index contributed by atoms with van der Waals surface area (Å²) in [5, 5.41) is 9.77. The molecule has 0 aromatic heterocycles. The number of hydrazine groups is 1. The van der Waals surface area contributed by atoms with Crippen molar-refractivity contribution in [1.29, 1.82) is 5.41 Å². The molecule has 0 unspecified atom stereocenters. The van der Waals surface area contributed by atoms with E-state index in [4.69, 9.17) is 5.41 Å². The zero-order valence-electron chi connectivity index (χ0n) is 14.2. The molecule has 1 saturated heterocycles. The molecule has 1 heterocycles. The fourth-order valence-electron chi connectivity index (χ4n) is 3.46. The Kier molecular flexibility index (Phi) is 4.30. The summed E-state index contributed by atoms with van der Waals surface area (Å²) >= 11 is 0. The average Bonchev–Trinajstić information content (AvgIpc) is 2.76. The molecular weight excluding hydrogens is 304 g/mol. The Morgan fingerprint density at radius 2 is 1.79 bits per heavy atom. The molecule has 0 bridgehead atoms. The lowest BCUT2D eigenvalue weighted by Crippen LogP contribution is -2.54. The second-order valence-electron chi connectivity index (χ2n) is 6.99. The van der Waals surface area contributed by atoms with Gasteiger partial charge in [0.2, 0.25) is 0 Å². The third-order valence-corrected chi connectivity index (χ3v) is 4.97. The van der Waals surface area contributed by atoms with Gasteiger partial charge in [-0.1, -0.05) is 37.5 Å². The summed E-state index contributed by atoms with van der Waals surface area (Å²) in [7, 11) is 0.